The molecule has 0 aliphatic carbocycles. The Bertz CT molecular complexity index is 752. The quantitative estimate of drug-likeness (QED) is 0.626. The summed E-state index contributed by atoms with van der Waals surface area (Å²) in [4.78, 5) is 16.2. The van der Waals surface area contributed by atoms with E-state index in [2.05, 4.69) is 4.98 Å². The zero-order chi connectivity index (χ0) is 20.0. The molecule has 1 aromatic rings. The topological polar surface area (TPSA) is 106 Å². The van der Waals surface area contributed by atoms with Gasteiger partial charge in [0.05, 0.1) is 13.7 Å². The molecule has 0 unspecified atom stereocenters. The zero-order valence-corrected chi connectivity index (χ0v) is 16.9. The lowest BCUT2D eigenvalue weighted by Crippen LogP contribution is -2.41. The molecule has 2 atom stereocenters. The highest BCUT2D eigenvalue weighted by Crippen LogP contribution is 2.31. The number of sulfonamides is 1. The molecule has 2 rings (SSSR count). The van der Waals surface area contributed by atoms with Crippen molar-refractivity contribution in [1.82, 2.24) is 9.29 Å². The van der Waals surface area contributed by atoms with Crippen molar-refractivity contribution in [2.45, 2.75) is 50.5 Å². The normalized spacial score (nSPS) is 19.0. The maximum absolute atomic E-state index is 13.2. The van der Waals surface area contributed by atoms with Gasteiger partial charge in [0, 0.05) is 18.8 Å². The number of pyridine rings is 1. The van der Waals surface area contributed by atoms with Crippen LogP contribution in [-0.2, 0) is 19.6 Å². The van der Waals surface area contributed by atoms with Gasteiger partial charge in [0.1, 0.15) is 10.9 Å². The molecule has 8 nitrogen and oxygen atoms in total. The van der Waals surface area contributed by atoms with Crippen molar-refractivity contribution < 1.29 is 27.8 Å². The Balaban J connectivity index is 2.24. The number of ether oxygens (including phenoxy) is 2. The highest BCUT2D eigenvalue weighted by atomic mass is 32.2. The van der Waals surface area contributed by atoms with Crippen molar-refractivity contribution in [3.63, 3.8) is 0 Å². The van der Waals surface area contributed by atoms with Crippen LogP contribution >= 0.6 is 0 Å². The lowest BCUT2D eigenvalue weighted by atomic mass is 10.1. The first-order valence-corrected chi connectivity index (χ1v) is 10.6. The molecule has 152 valence electrons. The summed E-state index contributed by atoms with van der Waals surface area (Å²) in [6.07, 6.45) is 2.35. The molecule has 0 radical (unpaired) electrons. The monoisotopic (exact) mass is 400 g/mol. The number of esters is 1. The molecule has 0 saturated carbocycles. The van der Waals surface area contributed by atoms with E-state index in [4.69, 9.17) is 14.6 Å². The highest BCUT2D eigenvalue weighted by Gasteiger charge is 2.41. The first kappa shape index (κ1) is 21.6. The van der Waals surface area contributed by atoms with Gasteiger partial charge in [0.15, 0.2) is 0 Å². The van der Waals surface area contributed by atoms with Crippen molar-refractivity contribution in [1.29, 1.82) is 0 Å². The molecule has 2 heterocycles. The van der Waals surface area contributed by atoms with Gasteiger partial charge in [0.2, 0.25) is 15.9 Å². The number of hydrogen-bond acceptors (Lipinski definition) is 7. The lowest BCUT2D eigenvalue weighted by molar-refractivity contribution is -0.144. The van der Waals surface area contributed by atoms with Gasteiger partial charge >= 0.3 is 5.97 Å². The summed E-state index contributed by atoms with van der Waals surface area (Å²) >= 11 is 0. The van der Waals surface area contributed by atoms with Crippen LogP contribution in [0.3, 0.4) is 0 Å². The molecule has 1 aliphatic heterocycles. The van der Waals surface area contributed by atoms with Crippen LogP contribution in [0.4, 0.5) is 0 Å². The summed E-state index contributed by atoms with van der Waals surface area (Å²) < 4.78 is 37.9. The molecule has 1 aromatic heterocycles. The SMILES string of the molecule is COC(=O)[C@@H]1CCCN1S(=O)(=O)c1ccc(C)nc1OCC[C@@H](C)CCO. The van der Waals surface area contributed by atoms with E-state index in [-0.39, 0.29) is 29.8 Å². The average molecular weight is 400 g/mol. The summed E-state index contributed by atoms with van der Waals surface area (Å²) in [5.74, 6) is -0.264. The zero-order valence-electron chi connectivity index (χ0n) is 16.1. The molecule has 0 aromatic carbocycles. The maximum atomic E-state index is 13.2. The Kier molecular flexibility index (Phi) is 7.58. The van der Waals surface area contributed by atoms with E-state index in [1.165, 1.54) is 17.5 Å². The van der Waals surface area contributed by atoms with E-state index < -0.39 is 22.0 Å². The van der Waals surface area contributed by atoms with E-state index in [0.29, 0.717) is 38.0 Å². The second kappa shape index (κ2) is 9.48. The summed E-state index contributed by atoms with van der Waals surface area (Å²) in [6.45, 7) is 4.40. The molecule has 0 spiro atoms. The first-order valence-electron chi connectivity index (χ1n) is 9.12. The summed E-state index contributed by atoms with van der Waals surface area (Å²) in [7, 11) is -2.70. The van der Waals surface area contributed by atoms with Gasteiger partial charge in [-0.2, -0.15) is 4.31 Å². The van der Waals surface area contributed by atoms with Crippen LogP contribution in [0.5, 0.6) is 5.88 Å². The number of aromatic nitrogens is 1. The minimum Gasteiger partial charge on any atom is -0.477 e. The summed E-state index contributed by atoms with van der Waals surface area (Å²) in [5, 5.41) is 8.98. The second-order valence-electron chi connectivity index (χ2n) is 6.81. The number of hydrogen-bond donors (Lipinski definition) is 1. The highest BCUT2D eigenvalue weighted by molar-refractivity contribution is 7.89. The number of carbonyl (C=O) groups excluding carboxylic acids is 1. The number of aliphatic hydroxyl groups is 1. The van der Waals surface area contributed by atoms with Crippen LogP contribution in [0.1, 0.15) is 38.3 Å². The van der Waals surface area contributed by atoms with Crippen molar-refractivity contribution in [2.24, 2.45) is 5.92 Å². The number of nitrogens with zero attached hydrogens (tertiary/aromatic N) is 2. The van der Waals surface area contributed by atoms with Gasteiger partial charge in [-0.15, -0.1) is 0 Å². The van der Waals surface area contributed by atoms with Crippen LogP contribution in [0.2, 0.25) is 0 Å². The van der Waals surface area contributed by atoms with Crippen LogP contribution < -0.4 is 4.74 Å². The Morgan fingerprint density at radius 2 is 2.15 bits per heavy atom. The third-order valence-electron chi connectivity index (χ3n) is 4.70. The Labute approximate surface area is 160 Å². The van der Waals surface area contributed by atoms with Crippen LogP contribution in [0.25, 0.3) is 0 Å². The number of rotatable bonds is 9. The predicted octanol–water partition coefficient (Wildman–Crippen LogP) is 1.50. The van der Waals surface area contributed by atoms with Crippen molar-refractivity contribution in [3.8, 4) is 5.88 Å². The first-order chi connectivity index (χ1) is 12.8. The van der Waals surface area contributed by atoms with Gasteiger partial charge in [-0.3, -0.25) is 4.79 Å². The molecule has 0 amide bonds. The molecular weight excluding hydrogens is 372 g/mol. The second-order valence-corrected chi connectivity index (χ2v) is 8.67. The Hall–Kier alpha value is -1.71. The molecule has 0 bridgehead atoms. The van der Waals surface area contributed by atoms with E-state index in [0.717, 1.165) is 0 Å². The Morgan fingerprint density at radius 3 is 2.81 bits per heavy atom. The molecule has 9 heteroatoms. The molecule has 1 saturated heterocycles. The van der Waals surface area contributed by atoms with E-state index in [1.54, 1.807) is 13.0 Å². The number of aryl methyl sites for hydroxylation is 1. The van der Waals surface area contributed by atoms with E-state index in [9.17, 15) is 13.2 Å². The van der Waals surface area contributed by atoms with Crippen molar-refractivity contribution >= 4 is 16.0 Å². The van der Waals surface area contributed by atoms with E-state index in [1.807, 2.05) is 6.92 Å². The van der Waals surface area contributed by atoms with Gasteiger partial charge in [-0.25, -0.2) is 13.4 Å². The van der Waals surface area contributed by atoms with Crippen LogP contribution in [0.15, 0.2) is 17.0 Å². The molecule has 1 N–H and O–H groups in total. The van der Waals surface area contributed by atoms with Gasteiger partial charge in [0.25, 0.3) is 0 Å². The smallest absolute Gasteiger partial charge is 0.324 e. The predicted molar refractivity (Wildman–Crippen MR) is 98.9 cm³/mol. The summed E-state index contributed by atoms with van der Waals surface area (Å²) in [6, 6.07) is 2.26. The van der Waals surface area contributed by atoms with Crippen LogP contribution in [-0.4, -0.2) is 61.7 Å². The van der Waals surface area contributed by atoms with Crippen molar-refractivity contribution in [2.75, 3.05) is 26.9 Å². The standard InChI is InChI=1S/C18H28N2O6S/c1-13(8-11-21)9-12-26-17-16(7-6-14(2)19-17)27(23,24)20-10-4-5-15(20)18(22)25-3/h6-7,13,15,21H,4-5,8-12H2,1-3H3/t13-,15-/m0/s1. The molecule has 1 aliphatic rings. The van der Waals surface area contributed by atoms with Crippen molar-refractivity contribution in [3.05, 3.63) is 17.8 Å². The number of methoxy groups -OCH3 is 1. The Morgan fingerprint density at radius 1 is 1.41 bits per heavy atom. The fourth-order valence-electron chi connectivity index (χ4n) is 3.07. The van der Waals surface area contributed by atoms with Gasteiger partial charge < -0.3 is 14.6 Å². The summed E-state index contributed by atoms with van der Waals surface area (Å²) in [5.41, 5.74) is 0.637. The molecule has 27 heavy (non-hydrogen) atoms. The number of aliphatic hydroxyl groups excluding tert-OH is 1. The average Bonchev–Trinajstić information content (AvgIpc) is 3.12. The number of carbonyl (C=O) groups is 1. The van der Waals surface area contributed by atoms with Gasteiger partial charge in [-0.05, 0) is 50.7 Å². The maximum Gasteiger partial charge on any atom is 0.324 e. The van der Waals surface area contributed by atoms with E-state index >= 15 is 0 Å². The largest absolute Gasteiger partial charge is 0.477 e. The molecule has 1 fully saturated rings. The van der Waals surface area contributed by atoms with Crippen LogP contribution in [0, 0.1) is 12.8 Å². The fraction of sp³-hybridized carbons (Fsp3) is 0.667. The third-order valence-corrected chi connectivity index (χ3v) is 6.62. The minimum absolute atomic E-state index is 0.0429. The minimum atomic E-state index is -3.95. The lowest BCUT2D eigenvalue weighted by Gasteiger charge is -2.23. The molecular formula is C18H28N2O6S. The third kappa shape index (κ3) is 5.18. The van der Waals surface area contributed by atoms with Gasteiger partial charge in [-0.1, -0.05) is 6.92 Å². The fourth-order valence-corrected chi connectivity index (χ4v) is 4.78.